The van der Waals surface area contributed by atoms with E-state index in [1.165, 1.54) is 42.9 Å². The van der Waals surface area contributed by atoms with Gasteiger partial charge in [-0.15, -0.1) is 0 Å². The van der Waals surface area contributed by atoms with Crippen LogP contribution in [0.25, 0.3) is 0 Å². The average Bonchev–Trinajstić information content (AvgIpc) is 3.20. The van der Waals surface area contributed by atoms with E-state index in [-0.39, 0.29) is 23.7 Å². The lowest BCUT2D eigenvalue weighted by Crippen LogP contribution is -2.26. The first-order valence-electron chi connectivity index (χ1n) is 24.2. The van der Waals surface area contributed by atoms with Gasteiger partial charge in [-0.3, -0.25) is 4.79 Å². The fourth-order valence-corrected chi connectivity index (χ4v) is 10.7. The summed E-state index contributed by atoms with van der Waals surface area (Å²) in [5.74, 6) is 2.49. The van der Waals surface area contributed by atoms with Crippen molar-refractivity contribution in [3.05, 3.63) is 86.5 Å². The summed E-state index contributed by atoms with van der Waals surface area (Å²) in [5.41, 5.74) is 8.82. The third-order valence-electron chi connectivity index (χ3n) is 13.6. The van der Waals surface area contributed by atoms with Crippen molar-refractivity contribution in [2.75, 3.05) is 0 Å². The Balaban J connectivity index is 1.50. The minimum absolute atomic E-state index is 0.0399. The first-order chi connectivity index (χ1) is 29.8. The molecule has 8 heteroatoms. The molecule has 0 aromatic heterocycles. The number of hydrogen-bond acceptors (Lipinski definition) is 8. The van der Waals surface area contributed by atoms with Crippen molar-refractivity contribution in [1.29, 1.82) is 0 Å². The van der Waals surface area contributed by atoms with Crippen LogP contribution in [0, 0.1) is 20.8 Å². The van der Waals surface area contributed by atoms with Crippen molar-refractivity contribution in [3.63, 3.8) is 0 Å². The average molecular weight is 865 g/mol. The molecule has 0 heterocycles. The number of carbonyl (C=O) groups is 3. The van der Waals surface area contributed by atoms with Crippen LogP contribution in [0.2, 0.25) is 0 Å². The molecule has 0 spiro atoms. The number of hydrogen-bond donors (Lipinski definition) is 0. The summed E-state index contributed by atoms with van der Waals surface area (Å²) in [6, 6.07) is 13.3. The predicted molar refractivity (Wildman–Crippen MR) is 251 cm³/mol. The lowest BCUT2D eigenvalue weighted by Gasteiger charge is -2.32. The van der Waals surface area contributed by atoms with E-state index in [4.69, 9.17) is 23.7 Å². The summed E-state index contributed by atoms with van der Waals surface area (Å²) >= 11 is 0. The second-order valence-corrected chi connectivity index (χ2v) is 21.2. The van der Waals surface area contributed by atoms with E-state index in [1.54, 1.807) is 0 Å². The molecule has 3 aliphatic carbocycles. The number of benzene rings is 3. The van der Waals surface area contributed by atoms with Gasteiger partial charge in [0.05, 0.1) is 0 Å². The maximum Gasteiger partial charge on any atom is 0.514 e. The van der Waals surface area contributed by atoms with Crippen LogP contribution in [-0.4, -0.2) is 29.5 Å². The molecule has 0 radical (unpaired) electrons. The van der Waals surface area contributed by atoms with Crippen molar-refractivity contribution >= 4 is 18.3 Å². The fourth-order valence-electron chi connectivity index (χ4n) is 10.7. The molecule has 0 bridgehead atoms. The molecule has 8 nitrogen and oxygen atoms in total. The van der Waals surface area contributed by atoms with Crippen LogP contribution in [0.5, 0.6) is 17.2 Å². The van der Waals surface area contributed by atoms with Gasteiger partial charge in [-0.05, 0) is 199 Å². The Morgan fingerprint density at radius 2 is 0.825 bits per heavy atom. The smallest absolute Gasteiger partial charge is 0.428 e. The largest absolute Gasteiger partial charge is 0.514 e. The third-order valence-corrected chi connectivity index (χ3v) is 13.6. The molecule has 0 amide bonds. The fraction of sp³-hybridized carbons (Fsp3) is 0.618. The van der Waals surface area contributed by atoms with Gasteiger partial charge >= 0.3 is 18.3 Å². The summed E-state index contributed by atoms with van der Waals surface area (Å²) in [5, 5.41) is 0. The van der Waals surface area contributed by atoms with Crippen LogP contribution in [0.1, 0.15) is 238 Å². The molecule has 344 valence electrons. The van der Waals surface area contributed by atoms with Crippen molar-refractivity contribution in [1.82, 2.24) is 0 Å². The van der Waals surface area contributed by atoms with Crippen LogP contribution in [0.4, 0.5) is 9.59 Å². The number of carbonyl (C=O) groups excluding carboxylic acids is 3. The van der Waals surface area contributed by atoms with Crippen LogP contribution in [-0.2, 0) is 14.3 Å². The van der Waals surface area contributed by atoms with Gasteiger partial charge in [0.1, 0.15) is 28.5 Å². The van der Waals surface area contributed by atoms with Crippen LogP contribution < -0.4 is 14.2 Å². The van der Waals surface area contributed by atoms with E-state index in [1.807, 2.05) is 41.5 Å². The Bertz CT molecular complexity index is 2080. The Kier molecular flexibility index (Phi) is 15.8. The molecule has 3 aromatic carbocycles. The molecule has 3 saturated carbocycles. The highest BCUT2D eigenvalue weighted by molar-refractivity contribution is 5.71. The third kappa shape index (κ3) is 12.9. The van der Waals surface area contributed by atoms with E-state index in [0.717, 1.165) is 117 Å². The van der Waals surface area contributed by atoms with Crippen LogP contribution in [0.15, 0.2) is 36.4 Å². The Morgan fingerprint density at radius 3 is 1.16 bits per heavy atom. The SMILES string of the molecule is CC(=O)Oc1cc(C)c(C(CC(C)c2cc(C3CCCCC3)c(OC(=O)OC(C)(C)C)cc2C)c2cc(C3CCCCC3)c(OC(=O)OC(C)(C)C)cc2C)cc1C1CCCCC1. The maximum atomic E-state index is 13.3. The van der Waals surface area contributed by atoms with Gasteiger partial charge in [-0.1, -0.05) is 82.9 Å². The lowest BCUT2D eigenvalue weighted by atomic mass is 9.74. The minimum atomic E-state index is -0.686. The summed E-state index contributed by atoms with van der Waals surface area (Å²) in [6.45, 7) is 21.4. The van der Waals surface area contributed by atoms with E-state index in [9.17, 15) is 14.4 Å². The monoisotopic (exact) mass is 865 g/mol. The van der Waals surface area contributed by atoms with E-state index < -0.39 is 23.5 Å². The summed E-state index contributed by atoms with van der Waals surface area (Å²) in [4.78, 5) is 38.9. The zero-order valence-corrected chi connectivity index (χ0v) is 40.4. The second kappa shape index (κ2) is 20.7. The summed E-state index contributed by atoms with van der Waals surface area (Å²) in [6.07, 6.45) is 16.3. The summed E-state index contributed by atoms with van der Waals surface area (Å²) in [7, 11) is 0. The van der Waals surface area contributed by atoms with Crippen LogP contribution >= 0.6 is 0 Å². The van der Waals surface area contributed by atoms with E-state index >= 15 is 0 Å². The van der Waals surface area contributed by atoms with Crippen molar-refractivity contribution in [2.45, 2.75) is 220 Å². The highest BCUT2D eigenvalue weighted by atomic mass is 16.7. The maximum absolute atomic E-state index is 13.3. The first-order valence-corrected chi connectivity index (χ1v) is 24.2. The molecule has 0 aliphatic heterocycles. The number of aryl methyl sites for hydroxylation is 3. The Labute approximate surface area is 378 Å². The van der Waals surface area contributed by atoms with Gasteiger partial charge in [0.25, 0.3) is 0 Å². The quantitative estimate of drug-likeness (QED) is 0.107. The van der Waals surface area contributed by atoms with Crippen molar-refractivity contribution < 1.29 is 38.1 Å². The topological polar surface area (TPSA) is 97.4 Å². The zero-order valence-electron chi connectivity index (χ0n) is 40.4. The summed E-state index contributed by atoms with van der Waals surface area (Å²) < 4.78 is 29.5. The van der Waals surface area contributed by atoms with Gasteiger partial charge in [0.2, 0.25) is 0 Å². The molecule has 6 rings (SSSR count). The lowest BCUT2D eigenvalue weighted by molar-refractivity contribution is -0.131. The molecule has 0 saturated heterocycles. The molecule has 3 fully saturated rings. The number of rotatable bonds is 11. The van der Waals surface area contributed by atoms with Crippen molar-refractivity contribution in [3.8, 4) is 17.2 Å². The normalized spacial score (nSPS) is 18.0. The van der Waals surface area contributed by atoms with Gasteiger partial charge < -0.3 is 23.7 Å². The highest BCUT2D eigenvalue weighted by Crippen LogP contribution is 2.48. The molecular weight excluding hydrogens is 789 g/mol. The highest BCUT2D eigenvalue weighted by Gasteiger charge is 2.32. The molecular formula is C55H76O8. The number of esters is 1. The molecule has 63 heavy (non-hydrogen) atoms. The number of ether oxygens (including phenoxy) is 5. The van der Waals surface area contributed by atoms with E-state index in [2.05, 4.69) is 64.1 Å². The predicted octanol–water partition coefficient (Wildman–Crippen LogP) is 15.6. The molecule has 3 aromatic rings. The molecule has 0 N–H and O–H groups in total. The van der Waals surface area contributed by atoms with Gasteiger partial charge in [0.15, 0.2) is 0 Å². The molecule has 3 aliphatic rings. The Hall–Kier alpha value is -4.33. The molecule has 2 atom stereocenters. The second-order valence-electron chi connectivity index (χ2n) is 21.2. The van der Waals surface area contributed by atoms with Gasteiger partial charge in [-0.2, -0.15) is 0 Å². The van der Waals surface area contributed by atoms with Crippen LogP contribution in [0.3, 0.4) is 0 Å². The van der Waals surface area contributed by atoms with Crippen molar-refractivity contribution in [2.24, 2.45) is 0 Å². The minimum Gasteiger partial charge on any atom is -0.428 e. The Morgan fingerprint density at radius 1 is 0.508 bits per heavy atom. The zero-order chi connectivity index (χ0) is 45.6. The first kappa shape index (κ1) is 48.1. The molecule has 2 unspecified atom stereocenters. The standard InChI is InChI=1S/C55H76O8/c1-34(42-31-45(39-21-15-12-16-22-39)50(28-35(42)2)60-52(57)62-54(6,7)8)27-48(43-32-46(40-23-17-13-18-24-40)49(29-36(43)3)59-38(5)56)44-33-47(41-25-19-14-20-26-41)51(30-37(44)4)61-53(58)63-55(9,10)11/h28-34,39-41,48H,12-27H2,1-11H3. The van der Waals surface area contributed by atoms with E-state index in [0.29, 0.717) is 29.1 Å². The van der Waals surface area contributed by atoms with Gasteiger partial charge in [-0.25, -0.2) is 9.59 Å². The van der Waals surface area contributed by atoms with Gasteiger partial charge in [0, 0.05) is 12.8 Å².